The van der Waals surface area contributed by atoms with Crippen molar-refractivity contribution in [2.75, 3.05) is 14.2 Å². The highest BCUT2D eigenvalue weighted by atomic mass is 79.9. The highest BCUT2D eigenvalue weighted by molar-refractivity contribution is 9.10. The van der Waals surface area contributed by atoms with Gasteiger partial charge < -0.3 is 9.47 Å². The topological polar surface area (TPSA) is 31.4 Å². The molecule has 0 aliphatic heterocycles. The summed E-state index contributed by atoms with van der Waals surface area (Å²) in [5, 5.41) is 2.65. The summed E-state index contributed by atoms with van der Waals surface area (Å²) in [5.74, 6) is -0.283. The van der Waals surface area contributed by atoms with Gasteiger partial charge in [-0.1, -0.05) is 0 Å². The van der Waals surface area contributed by atoms with Crippen LogP contribution in [-0.4, -0.2) is 19.2 Å². The molecule has 6 heteroatoms. The van der Waals surface area contributed by atoms with Crippen molar-refractivity contribution < 1.29 is 13.9 Å². The van der Waals surface area contributed by atoms with Crippen LogP contribution in [0.5, 0.6) is 0 Å². The maximum Gasteiger partial charge on any atom is 0.201 e. The van der Waals surface area contributed by atoms with Crippen molar-refractivity contribution in [3.05, 3.63) is 39.6 Å². The van der Waals surface area contributed by atoms with E-state index < -0.39 is 6.29 Å². The van der Waals surface area contributed by atoms with Crippen molar-refractivity contribution in [2.24, 2.45) is 0 Å². The molecule has 0 saturated heterocycles. The van der Waals surface area contributed by atoms with Gasteiger partial charge >= 0.3 is 0 Å². The van der Waals surface area contributed by atoms with E-state index in [9.17, 15) is 4.39 Å². The van der Waals surface area contributed by atoms with E-state index >= 15 is 0 Å². The third-order valence-corrected chi connectivity index (χ3v) is 3.90. The molecule has 1 heterocycles. The van der Waals surface area contributed by atoms with Crippen LogP contribution in [0.1, 0.15) is 12.0 Å². The highest BCUT2D eigenvalue weighted by Crippen LogP contribution is 2.32. The molecule has 0 spiro atoms. The van der Waals surface area contributed by atoms with Gasteiger partial charge in [0.1, 0.15) is 16.5 Å². The van der Waals surface area contributed by atoms with Gasteiger partial charge in [0.05, 0.1) is 0 Å². The fraction of sp³-hybridized carbons (Fsp3) is 0.250. The Morgan fingerprint density at radius 3 is 2.67 bits per heavy atom. The minimum Gasteiger partial charge on any atom is -0.350 e. The zero-order valence-electron chi connectivity index (χ0n) is 9.81. The van der Waals surface area contributed by atoms with Crippen LogP contribution in [0.15, 0.2) is 28.1 Å². The predicted octanol–water partition coefficient (Wildman–Crippen LogP) is 4.00. The third kappa shape index (κ3) is 2.77. The number of hydrogen-bond donors (Lipinski definition) is 0. The first kappa shape index (κ1) is 13.6. The number of nitrogens with zero attached hydrogens (tertiary/aromatic N) is 1. The number of benzene rings is 1. The van der Waals surface area contributed by atoms with Gasteiger partial charge in [0.25, 0.3) is 0 Å². The molecule has 0 fully saturated rings. The maximum absolute atomic E-state index is 13.0. The Morgan fingerprint density at radius 2 is 2.06 bits per heavy atom. The van der Waals surface area contributed by atoms with Gasteiger partial charge in [0.15, 0.2) is 0 Å². The summed E-state index contributed by atoms with van der Waals surface area (Å²) >= 11 is 4.79. The van der Waals surface area contributed by atoms with E-state index in [2.05, 4.69) is 20.9 Å². The molecule has 2 rings (SSSR count). The number of rotatable bonds is 4. The molecule has 0 radical (unpaired) electrons. The van der Waals surface area contributed by atoms with E-state index in [1.807, 2.05) is 5.38 Å². The summed E-state index contributed by atoms with van der Waals surface area (Å²) in [6.45, 7) is 0. The molecule has 1 aromatic heterocycles. The molecule has 0 amide bonds. The largest absolute Gasteiger partial charge is 0.350 e. The summed E-state index contributed by atoms with van der Waals surface area (Å²) in [5.41, 5.74) is 1.55. The molecule has 96 valence electrons. The molecular formula is C12H11BrFNO2S. The van der Waals surface area contributed by atoms with Crippen molar-refractivity contribution in [3.63, 3.8) is 0 Å². The SMILES string of the molecule is COC(OC)c1csc(-c2ccc(F)cc2Br)n1. The van der Waals surface area contributed by atoms with E-state index in [4.69, 9.17) is 9.47 Å². The van der Waals surface area contributed by atoms with Gasteiger partial charge in [-0.2, -0.15) is 0 Å². The van der Waals surface area contributed by atoms with Gasteiger partial charge in [-0.05, 0) is 34.1 Å². The van der Waals surface area contributed by atoms with Crippen LogP contribution >= 0.6 is 27.3 Å². The molecule has 0 unspecified atom stereocenters. The average molecular weight is 332 g/mol. The Morgan fingerprint density at radius 1 is 1.33 bits per heavy atom. The first-order valence-electron chi connectivity index (χ1n) is 5.12. The molecule has 0 aliphatic rings. The lowest BCUT2D eigenvalue weighted by atomic mass is 10.2. The van der Waals surface area contributed by atoms with Gasteiger partial charge in [-0.3, -0.25) is 0 Å². The fourth-order valence-electron chi connectivity index (χ4n) is 1.52. The second-order valence-corrected chi connectivity index (χ2v) is 5.22. The lowest BCUT2D eigenvalue weighted by Gasteiger charge is -2.09. The van der Waals surface area contributed by atoms with Gasteiger partial charge in [-0.25, -0.2) is 9.37 Å². The number of aromatic nitrogens is 1. The fourth-order valence-corrected chi connectivity index (χ4v) is 3.05. The summed E-state index contributed by atoms with van der Waals surface area (Å²) < 4.78 is 24.0. The molecule has 2 aromatic rings. The first-order valence-corrected chi connectivity index (χ1v) is 6.79. The van der Waals surface area contributed by atoms with Crippen molar-refractivity contribution in [3.8, 4) is 10.6 Å². The van der Waals surface area contributed by atoms with Gasteiger partial charge in [-0.15, -0.1) is 11.3 Å². The molecule has 0 N–H and O–H groups in total. The van der Waals surface area contributed by atoms with Gasteiger partial charge in [0.2, 0.25) is 6.29 Å². The molecule has 0 bridgehead atoms. The standard InChI is InChI=1S/C12H11BrFNO2S/c1-16-12(17-2)10-6-18-11(15-10)8-4-3-7(14)5-9(8)13/h3-6,12H,1-2H3. The number of thiazole rings is 1. The van der Waals surface area contributed by atoms with Crippen molar-refractivity contribution >= 4 is 27.3 Å². The van der Waals surface area contributed by atoms with Crippen LogP contribution in [0.2, 0.25) is 0 Å². The van der Waals surface area contributed by atoms with E-state index in [0.29, 0.717) is 10.2 Å². The van der Waals surface area contributed by atoms with Crippen molar-refractivity contribution in [1.29, 1.82) is 0 Å². The summed E-state index contributed by atoms with van der Waals surface area (Å²) in [4.78, 5) is 4.43. The zero-order chi connectivity index (χ0) is 13.1. The summed E-state index contributed by atoms with van der Waals surface area (Å²) in [6, 6.07) is 4.52. The van der Waals surface area contributed by atoms with Crippen LogP contribution in [-0.2, 0) is 9.47 Å². The van der Waals surface area contributed by atoms with Crippen LogP contribution in [0.3, 0.4) is 0 Å². The van der Waals surface area contributed by atoms with Crippen LogP contribution < -0.4 is 0 Å². The quantitative estimate of drug-likeness (QED) is 0.793. The second kappa shape index (κ2) is 5.88. The predicted molar refractivity (Wildman–Crippen MR) is 72.0 cm³/mol. The molecule has 18 heavy (non-hydrogen) atoms. The molecule has 0 atom stereocenters. The second-order valence-electron chi connectivity index (χ2n) is 3.51. The zero-order valence-corrected chi connectivity index (χ0v) is 12.2. The Kier molecular flexibility index (Phi) is 4.45. The normalized spacial score (nSPS) is 11.2. The molecule has 0 saturated carbocycles. The van der Waals surface area contributed by atoms with E-state index in [1.54, 1.807) is 20.3 Å². The highest BCUT2D eigenvalue weighted by Gasteiger charge is 2.15. The Labute approximate surface area is 117 Å². The molecule has 1 aromatic carbocycles. The first-order chi connectivity index (χ1) is 8.65. The lowest BCUT2D eigenvalue weighted by molar-refractivity contribution is -0.108. The van der Waals surface area contributed by atoms with E-state index in [0.717, 1.165) is 10.6 Å². The van der Waals surface area contributed by atoms with Crippen LogP contribution in [0.4, 0.5) is 4.39 Å². The Hall–Kier alpha value is -0.820. The average Bonchev–Trinajstić information content (AvgIpc) is 2.80. The lowest BCUT2D eigenvalue weighted by Crippen LogP contribution is -2.03. The number of hydrogen-bond acceptors (Lipinski definition) is 4. The molecule has 3 nitrogen and oxygen atoms in total. The van der Waals surface area contributed by atoms with Crippen LogP contribution in [0.25, 0.3) is 10.6 Å². The number of methoxy groups -OCH3 is 2. The monoisotopic (exact) mass is 331 g/mol. The van der Waals surface area contributed by atoms with E-state index in [-0.39, 0.29) is 5.82 Å². The minimum atomic E-state index is -0.478. The summed E-state index contributed by atoms with van der Waals surface area (Å²) in [6.07, 6.45) is -0.478. The Bertz CT molecular complexity index is 543. The van der Waals surface area contributed by atoms with Crippen molar-refractivity contribution in [1.82, 2.24) is 4.98 Å². The Balaban J connectivity index is 2.34. The van der Waals surface area contributed by atoms with Crippen molar-refractivity contribution in [2.45, 2.75) is 6.29 Å². The smallest absolute Gasteiger partial charge is 0.201 e. The van der Waals surface area contributed by atoms with Crippen LogP contribution in [0, 0.1) is 5.82 Å². The van der Waals surface area contributed by atoms with E-state index in [1.165, 1.54) is 23.5 Å². The minimum absolute atomic E-state index is 0.283. The molecular weight excluding hydrogens is 321 g/mol. The number of halogens is 2. The van der Waals surface area contributed by atoms with Gasteiger partial charge in [0, 0.05) is 29.6 Å². The maximum atomic E-state index is 13.0. The molecule has 0 aliphatic carbocycles. The summed E-state index contributed by atoms with van der Waals surface area (Å²) in [7, 11) is 3.11. The third-order valence-electron chi connectivity index (χ3n) is 2.35. The number of ether oxygens (including phenoxy) is 2.